The molecule has 0 radical (unpaired) electrons. The maximum atomic E-state index is 3.31. The predicted octanol–water partition coefficient (Wildman–Crippen LogP) is 2.78. The van der Waals surface area contributed by atoms with Crippen LogP contribution in [-0.2, 0) is 0 Å². The molecule has 0 aromatic carbocycles. The van der Waals surface area contributed by atoms with Gasteiger partial charge in [0.1, 0.15) is 0 Å². The van der Waals surface area contributed by atoms with E-state index in [0.29, 0.717) is 0 Å². The van der Waals surface area contributed by atoms with Gasteiger partial charge in [0, 0.05) is 17.5 Å². The third-order valence-corrected chi connectivity index (χ3v) is 2.91. The van der Waals surface area contributed by atoms with E-state index in [4.69, 9.17) is 0 Å². The Kier molecular flexibility index (Phi) is 1.13. The second-order valence-electron chi connectivity index (χ2n) is 2.70. The van der Waals surface area contributed by atoms with Gasteiger partial charge in [-0.3, -0.25) is 0 Å². The maximum absolute atomic E-state index is 3.31. The molecule has 2 heteroatoms. The first-order valence-corrected chi connectivity index (χ1v) is 4.27. The van der Waals surface area contributed by atoms with Crippen molar-refractivity contribution in [2.75, 3.05) is 0 Å². The van der Waals surface area contributed by atoms with E-state index in [9.17, 15) is 0 Å². The summed E-state index contributed by atoms with van der Waals surface area (Å²) in [5, 5.41) is 1.46. The zero-order valence-corrected chi connectivity index (χ0v) is 6.41. The van der Waals surface area contributed by atoms with E-state index in [1.54, 1.807) is 0 Å². The molecule has 2 rings (SSSR count). The first kappa shape index (κ1) is 5.49. The number of aromatic amines is 1. The van der Waals surface area contributed by atoms with Gasteiger partial charge in [0.15, 0.2) is 0 Å². The van der Waals surface area contributed by atoms with Crippen LogP contribution in [0.4, 0.5) is 0 Å². The average molecular weight is 139 g/mol. The van der Waals surface area contributed by atoms with Crippen LogP contribution in [0, 0.1) is 6.92 Å². The molecule has 1 aromatic heterocycles. The summed E-state index contributed by atoms with van der Waals surface area (Å²) in [5.41, 5.74) is 1.53. The highest BCUT2D eigenvalue weighted by molar-refractivity contribution is 7.31. The van der Waals surface area contributed by atoms with E-state index >= 15 is 0 Å². The Labute approximate surface area is 56.6 Å². The Morgan fingerprint density at radius 1 is 1.67 bits per heavy atom. The number of nitrogens with one attached hydrogen (secondary N) is 1. The molecule has 0 saturated heterocycles. The van der Waals surface area contributed by atoms with Crippen LogP contribution < -0.4 is 0 Å². The molecule has 1 aliphatic carbocycles. The predicted molar refractivity (Wildman–Crippen MR) is 40.0 cm³/mol. The second kappa shape index (κ2) is 1.85. The molecule has 1 fully saturated rings. The highest BCUT2D eigenvalue weighted by atomic mass is 31.0. The summed E-state index contributed by atoms with van der Waals surface area (Å²) >= 11 is 0. The molecule has 48 valence electrons. The molecule has 0 aliphatic heterocycles. The minimum atomic E-state index is 0.917. The molecule has 0 amide bonds. The summed E-state index contributed by atoms with van der Waals surface area (Å²) in [6.45, 7) is 2.17. The van der Waals surface area contributed by atoms with Gasteiger partial charge in [0.05, 0.1) is 0 Å². The monoisotopic (exact) mass is 139 g/mol. The van der Waals surface area contributed by atoms with Crippen molar-refractivity contribution in [2.45, 2.75) is 25.7 Å². The lowest BCUT2D eigenvalue weighted by atomic mass is 10.5. The first-order valence-electron chi connectivity index (χ1n) is 3.38. The molecule has 1 aliphatic rings. The van der Waals surface area contributed by atoms with Gasteiger partial charge >= 0.3 is 0 Å². The molecule has 1 nitrogen and oxygen atoms in total. The van der Waals surface area contributed by atoms with Crippen LogP contribution in [0.2, 0.25) is 0 Å². The average Bonchev–Trinajstić information content (AvgIpc) is 2.58. The van der Waals surface area contributed by atoms with Gasteiger partial charge in [-0.1, -0.05) is 0 Å². The molecular formula is C7H10NP. The summed E-state index contributed by atoms with van der Waals surface area (Å²) in [5.74, 6) is 0.917. The van der Waals surface area contributed by atoms with Crippen molar-refractivity contribution in [3.63, 3.8) is 0 Å². The minimum Gasteiger partial charge on any atom is -0.360 e. The Balaban J connectivity index is 2.28. The molecule has 1 aromatic rings. The highest BCUT2D eigenvalue weighted by Crippen LogP contribution is 2.43. The van der Waals surface area contributed by atoms with Gasteiger partial charge < -0.3 is 4.98 Å². The number of H-pyrrole nitrogens is 1. The fourth-order valence-electron chi connectivity index (χ4n) is 0.999. The van der Waals surface area contributed by atoms with Gasteiger partial charge in [0.2, 0.25) is 0 Å². The fraction of sp³-hybridized carbons (Fsp3) is 0.571. The smallest absolute Gasteiger partial charge is 0.0458 e. The van der Waals surface area contributed by atoms with Crippen LogP contribution in [0.3, 0.4) is 0 Å². The van der Waals surface area contributed by atoms with Gasteiger partial charge in [0.25, 0.3) is 0 Å². The summed E-state index contributed by atoms with van der Waals surface area (Å²) in [7, 11) is 1.44. The van der Waals surface area contributed by atoms with E-state index in [1.807, 2.05) is 0 Å². The topological polar surface area (TPSA) is 15.8 Å². The van der Waals surface area contributed by atoms with Crippen LogP contribution in [-0.4, -0.2) is 4.98 Å². The second-order valence-corrected chi connectivity index (χ2v) is 4.11. The van der Waals surface area contributed by atoms with Crippen LogP contribution >= 0.6 is 8.19 Å². The minimum absolute atomic E-state index is 0.917. The van der Waals surface area contributed by atoms with Gasteiger partial charge in [-0.2, -0.15) is 0 Å². The summed E-state index contributed by atoms with van der Waals surface area (Å²) in [6.07, 6.45) is 4.95. The third-order valence-electron chi connectivity index (χ3n) is 1.69. The van der Waals surface area contributed by atoms with Gasteiger partial charge in [-0.15, -0.1) is 0 Å². The van der Waals surface area contributed by atoms with Crippen LogP contribution in [0.15, 0.2) is 6.20 Å². The quantitative estimate of drug-likeness (QED) is 0.615. The standard InChI is InChI=1S/C7H10NP/c1-5-4-8-7(9-5)6-2-3-6/h4,6,8H,2-3H2,1H3. The first-order chi connectivity index (χ1) is 4.36. The van der Waals surface area contributed by atoms with E-state index in [1.165, 1.54) is 31.8 Å². The van der Waals surface area contributed by atoms with Crippen molar-refractivity contribution < 1.29 is 0 Å². The van der Waals surface area contributed by atoms with Crippen molar-refractivity contribution in [3.05, 3.63) is 16.9 Å². The zero-order valence-electron chi connectivity index (χ0n) is 5.52. The number of aryl methyl sites for hydroxylation is 1. The van der Waals surface area contributed by atoms with Crippen molar-refractivity contribution in [1.29, 1.82) is 0 Å². The summed E-state index contributed by atoms with van der Waals surface area (Å²) < 4.78 is 0. The van der Waals surface area contributed by atoms with E-state index in [2.05, 4.69) is 18.1 Å². The normalized spacial score (nSPS) is 19.2. The molecule has 0 unspecified atom stereocenters. The number of hydrogen-bond donors (Lipinski definition) is 1. The van der Waals surface area contributed by atoms with E-state index in [-0.39, 0.29) is 0 Å². The molecule has 1 saturated carbocycles. The van der Waals surface area contributed by atoms with Crippen LogP contribution in [0.5, 0.6) is 0 Å². The largest absolute Gasteiger partial charge is 0.360 e. The summed E-state index contributed by atoms with van der Waals surface area (Å²) in [4.78, 5) is 3.31. The van der Waals surface area contributed by atoms with E-state index < -0.39 is 0 Å². The van der Waals surface area contributed by atoms with Crippen molar-refractivity contribution in [3.8, 4) is 0 Å². The number of rotatable bonds is 1. The Morgan fingerprint density at radius 3 is 2.89 bits per heavy atom. The zero-order chi connectivity index (χ0) is 6.27. The Morgan fingerprint density at radius 2 is 2.44 bits per heavy atom. The molecule has 0 bridgehead atoms. The lowest BCUT2D eigenvalue weighted by Crippen LogP contribution is -1.69. The number of aromatic nitrogens is 1. The van der Waals surface area contributed by atoms with Crippen molar-refractivity contribution >= 4 is 8.19 Å². The molecule has 1 N–H and O–H groups in total. The van der Waals surface area contributed by atoms with Gasteiger partial charge in [-0.25, -0.2) is 0 Å². The Hall–Kier alpha value is -0.290. The lowest BCUT2D eigenvalue weighted by molar-refractivity contribution is 1.08. The van der Waals surface area contributed by atoms with E-state index in [0.717, 1.165) is 5.92 Å². The highest BCUT2D eigenvalue weighted by Gasteiger charge is 2.24. The third kappa shape index (κ3) is 1.02. The van der Waals surface area contributed by atoms with Crippen molar-refractivity contribution in [1.82, 2.24) is 4.98 Å². The summed E-state index contributed by atoms with van der Waals surface area (Å²) in [6, 6.07) is 0. The lowest BCUT2D eigenvalue weighted by Gasteiger charge is -1.84. The van der Waals surface area contributed by atoms with Crippen LogP contribution in [0.1, 0.15) is 29.5 Å². The SMILES string of the molecule is Cc1c[nH]c(C2CC2)p1. The molecule has 1 heterocycles. The molecule has 0 spiro atoms. The molecule has 0 atom stereocenters. The van der Waals surface area contributed by atoms with Crippen LogP contribution in [0.25, 0.3) is 0 Å². The fourth-order valence-corrected chi connectivity index (χ4v) is 2.08. The maximum Gasteiger partial charge on any atom is 0.0458 e. The number of hydrogen-bond acceptors (Lipinski definition) is 0. The molecule has 9 heavy (non-hydrogen) atoms. The van der Waals surface area contributed by atoms with Crippen molar-refractivity contribution in [2.24, 2.45) is 0 Å². The van der Waals surface area contributed by atoms with Gasteiger partial charge in [-0.05, 0) is 33.3 Å². The Bertz CT molecular complexity index is 212. The molecular weight excluding hydrogens is 129 g/mol.